The second-order valence-electron chi connectivity index (χ2n) is 8.74. The Labute approximate surface area is 220 Å². The lowest BCUT2D eigenvalue weighted by molar-refractivity contribution is -0.143. The summed E-state index contributed by atoms with van der Waals surface area (Å²) in [6, 6.07) is 22.0. The van der Waals surface area contributed by atoms with Crippen molar-refractivity contribution in [1.29, 1.82) is 0 Å². The lowest BCUT2D eigenvalue weighted by Gasteiger charge is -2.32. The molecular weight excluding hydrogens is 528 g/mol. The lowest BCUT2D eigenvalue weighted by Crippen LogP contribution is -2.52. The summed E-state index contributed by atoms with van der Waals surface area (Å²) < 4.78 is 6.48. The van der Waals surface area contributed by atoms with E-state index in [2.05, 4.69) is 21.2 Å². The van der Waals surface area contributed by atoms with Gasteiger partial charge in [0.05, 0.1) is 4.47 Å². The molecule has 1 N–H and O–H groups in total. The van der Waals surface area contributed by atoms with E-state index in [0.29, 0.717) is 21.7 Å². The molecule has 0 saturated carbocycles. The number of carbonyl (C=O) groups is 2. The average Bonchev–Trinajstić information content (AvgIpc) is 2.81. The van der Waals surface area contributed by atoms with E-state index < -0.39 is 6.04 Å². The summed E-state index contributed by atoms with van der Waals surface area (Å²) in [5, 5.41) is 3.55. The van der Waals surface area contributed by atoms with Gasteiger partial charge < -0.3 is 15.0 Å². The third-order valence-electron chi connectivity index (χ3n) is 5.38. The van der Waals surface area contributed by atoms with Gasteiger partial charge in [-0.15, -0.1) is 0 Å². The number of carbonyl (C=O) groups excluding carboxylic acids is 2. The molecule has 0 radical (unpaired) electrons. The fourth-order valence-electron chi connectivity index (χ4n) is 3.76. The Morgan fingerprint density at radius 1 is 1.00 bits per heavy atom. The fraction of sp³-hybridized carbons (Fsp3) is 0.286. The smallest absolute Gasteiger partial charge is 0.261 e. The van der Waals surface area contributed by atoms with Crippen LogP contribution in [0.3, 0.4) is 0 Å². The van der Waals surface area contributed by atoms with Crippen LogP contribution >= 0.6 is 27.5 Å². The molecule has 3 aromatic carbocycles. The molecule has 0 spiro atoms. The Balaban J connectivity index is 1.92. The number of hydrogen-bond donors (Lipinski definition) is 1. The van der Waals surface area contributed by atoms with Gasteiger partial charge in [-0.05, 0) is 66.0 Å². The molecule has 0 saturated heterocycles. The summed E-state index contributed by atoms with van der Waals surface area (Å²) in [4.78, 5) is 28.6. The van der Waals surface area contributed by atoms with E-state index in [-0.39, 0.29) is 31.0 Å². The number of rotatable bonds is 10. The van der Waals surface area contributed by atoms with Crippen LogP contribution in [0.2, 0.25) is 5.02 Å². The zero-order valence-corrected chi connectivity index (χ0v) is 22.5. The van der Waals surface area contributed by atoms with Gasteiger partial charge in [0.2, 0.25) is 5.91 Å². The monoisotopic (exact) mass is 556 g/mol. The van der Waals surface area contributed by atoms with Gasteiger partial charge in [0.15, 0.2) is 6.61 Å². The predicted molar refractivity (Wildman–Crippen MR) is 144 cm³/mol. The number of amides is 2. The van der Waals surface area contributed by atoms with E-state index in [1.54, 1.807) is 23.1 Å². The van der Waals surface area contributed by atoms with Gasteiger partial charge in [0.1, 0.15) is 11.8 Å². The quantitative estimate of drug-likeness (QED) is 0.335. The van der Waals surface area contributed by atoms with Crippen LogP contribution in [0.15, 0.2) is 77.3 Å². The van der Waals surface area contributed by atoms with Crippen LogP contribution in [0.4, 0.5) is 0 Å². The Bertz CT molecular complexity index is 1150. The van der Waals surface area contributed by atoms with E-state index in [1.807, 2.05) is 75.4 Å². The molecule has 0 aliphatic heterocycles. The van der Waals surface area contributed by atoms with Gasteiger partial charge in [-0.25, -0.2) is 0 Å². The maximum absolute atomic E-state index is 13.6. The van der Waals surface area contributed by atoms with E-state index >= 15 is 0 Å². The fourth-order valence-corrected chi connectivity index (χ4v) is 4.55. The first kappa shape index (κ1) is 26.8. The number of ether oxygens (including phenoxy) is 1. The van der Waals surface area contributed by atoms with Crippen LogP contribution in [-0.4, -0.2) is 35.4 Å². The van der Waals surface area contributed by atoms with Crippen LogP contribution in [-0.2, 0) is 22.6 Å². The Kier molecular flexibility index (Phi) is 9.75. The number of hydrogen-bond acceptors (Lipinski definition) is 3. The molecule has 184 valence electrons. The minimum Gasteiger partial charge on any atom is -0.483 e. The van der Waals surface area contributed by atoms with Gasteiger partial charge in [-0.2, -0.15) is 0 Å². The molecule has 1 atom stereocenters. The van der Waals surface area contributed by atoms with Crippen molar-refractivity contribution < 1.29 is 14.3 Å². The highest BCUT2D eigenvalue weighted by Crippen LogP contribution is 2.28. The summed E-state index contributed by atoms with van der Waals surface area (Å²) in [7, 11) is 0. The second kappa shape index (κ2) is 12.8. The highest BCUT2D eigenvalue weighted by molar-refractivity contribution is 9.10. The van der Waals surface area contributed by atoms with Gasteiger partial charge in [0.25, 0.3) is 5.91 Å². The van der Waals surface area contributed by atoms with Gasteiger partial charge in [-0.1, -0.05) is 71.8 Å². The minimum absolute atomic E-state index is 0.0574. The predicted octanol–water partition coefficient (Wildman–Crippen LogP) is 5.95. The van der Waals surface area contributed by atoms with Gasteiger partial charge in [-0.3, -0.25) is 9.59 Å². The summed E-state index contributed by atoms with van der Waals surface area (Å²) in [5.41, 5.74) is 3.00. The third-order valence-corrected chi connectivity index (χ3v) is 6.24. The molecular formula is C28H30BrClN2O3. The Hall–Kier alpha value is -2.83. The van der Waals surface area contributed by atoms with E-state index in [4.69, 9.17) is 16.3 Å². The molecule has 0 unspecified atom stereocenters. The first-order valence-electron chi connectivity index (χ1n) is 11.5. The van der Waals surface area contributed by atoms with Crippen LogP contribution in [0.1, 0.15) is 30.5 Å². The molecule has 35 heavy (non-hydrogen) atoms. The molecule has 5 nitrogen and oxygen atoms in total. The molecule has 0 aromatic heterocycles. The van der Waals surface area contributed by atoms with E-state index in [9.17, 15) is 9.59 Å². The number of nitrogens with one attached hydrogen (secondary N) is 1. The molecule has 7 heteroatoms. The first-order valence-corrected chi connectivity index (χ1v) is 12.7. The average molecular weight is 558 g/mol. The summed E-state index contributed by atoms with van der Waals surface area (Å²) >= 11 is 9.44. The van der Waals surface area contributed by atoms with Crippen LogP contribution in [0.5, 0.6) is 5.75 Å². The molecule has 0 heterocycles. The Morgan fingerprint density at radius 2 is 1.71 bits per heavy atom. The minimum atomic E-state index is -0.704. The van der Waals surface area contributed by atoms with Crippen LogP contribution in [0.25, 0.3) is 0 Å². The van der Waals surface area contributed by atoms with Crippen molar-refractivity contribution in [3.8, 4) is 5.75 Å². The summed E-state index contributed by atoms with van der Waals surface area (Å²) in [5.74, 6) is 0.0234. The van der Waals surface area contributed by atoms with E-state index in [0.717, 1.165) is 16.7 Å². The molecule has 2 amide bonds. The zero-order valence-electron chi connectivity index (χ0n) is 20.1. The molecule has 0 aliphatic rings. The normalized spacial score (nSPS) is 11.7. The second-order valence-corrected chi connectivity index (χ2v) is 10.0. The topological polar surface area (TPSA) is 58.6 Å². The summed E-state index contributed by atoms with van der Waals surface area (Å²) in [6.07, 6.45) is 0.390. The number of nitrogens with zero attached hydrogens (tertiary/aromatic N) is 1. The highest BCUT2D eigenvalue weighted by atomic mass is 79.9. The SMILES string of the molecule is Cc1cccc(CN(C(=O)COc2ccc(Cl)cc2Br)[C@@H](Cc2ccccc2)C(=O)NC(C)C)c1. The number of halogens is 2. The molecule has 3 rings (SSSR count). The lowest BCUT2D eigenvalue weighted by atomic mass is 10.0. The third kappa shape index (κ3) is 8.11. The largest absolute Gasteiger partial charge is 0.483 e. The van der Waals surface area contributed by atoms with Crippen molar-refractivity contribution in [2.24, 2.45) is 0 Å². The number of aryl methyl sites for hydroxylation is 1. The molecule has 0 aliphatic carbocycles. The van der Waals surface area contributed by atoms with Crippen LogP contribution in [0, 0.1) is 6.92 Å². The molecule has 3 aromatic rings. The molecule has 0 fully saturated rings. The highest BCUT2D eigenvalue weighted by Gasteiger charge is 2.31. The van der Waals surface area contributed by atoms with Crippen molar-refractivity contribution in [3.05, 3.63) is 99.0 Å². The van der Waals surface area contributed by atoms with Crippen LogP contribution < -0.4 is 10.1 Å². The first-order chi connectivity index (χ1) is 16.7. The van der Waals surface area contributed by atoms with Crippen molar-refractivity contribution in [3.63, 3.8) is 0 Å². The van der Waals surface area contributed by atoms with Crippen molar-refractivity contribution >= 4 is 39.3 Å². The Morgan fingerprint density at radius 3 is 2.37 bits per heavy atom. The van der Waals surface area contributed by atoms with Gasteiger partial charge >= 0.3 is 0 Å². The van der Waals surface area contributed by atoms with Gasteiger partial charge in [0, 0.05) is 24.0 Å². The van der Waals surface area contributed by atoms with Crippen molar-refractivity contribution in [2.75, 3.05) is 6.61 Å². The maximum atomic E-state index is 13.6. The van der Waals surface area contributed by atoms with Crippen molar-refractivity contribution in [2.45, 2.75) is 45.8 Å². The van der Waals surface area contributed by atoms with Crippen molar-refractivity contribution in [1.82, 2.24) is 10.2 Å². The number of benzene rings is 3. The zero-order chi connectivity index (χ0) is 25.4. The maximum Gasteiger partial charge on any atom is 0.261 e. The van der Waals surface area contributed by atoms with E-state index in [1.165, 1.54) is 0 Å². The standard InChI is InChI=1S/C28H30BrClN2O3/c1-19(2)31-28(34)25(15-21-9-5-4-6-10-21)32(17-22-11-7-8-20(3)14-22)27(33)18-35-26-13-12-23(30)16-24(26)29/h4-14,16,19,25H,15,17-18H2,1-3H3,(H,31,34)/t25-/m0/s1. The molecule has 0 bridgehead atoms. The summed E-state index contributed by atoms with van der Waals surface area (Å²) in [6.45, 7) is 5.89.